The van der Waals surface area contributed by atoms with Gasteiger partial charge in [0.25, 0.3) is 0 Å². The largest absolute Gasteiger partial charge is 0.326 e. The van der Waals surface area contributed by atoms with Gasteiger partial charge in [-0.05, 0) is 36.2 Å². The van der Waals surface area contributed by atoms with Crippen molar-refractivity contribution in [3.8, 4) is 5.69 Å². The molecule has 3 rings (SSSR count). The van der Waals surface area contributed by atoms with Crippen molar-refractivity contribution in [3.63, 3.8) is 0 Å². The number of nitrogens with one attached hydrogen (secondary N) is 1. The van der Waals surface area contributed by atoms with Crippen molar-refractivity contribution in [2.24, 2.45) is 5.14 Å². The third kappa shape index (κ3) is 4.54. The van der Waals surface area contributed by atoms with Gasteiger partial charge >= 0.3 is 0 Å². The Hall–Kier alpha value is -2.68. The first-order valence-electron chi connectivity index (χ1n) is 7.96. The summed E-state index contributed by atoms with van der Waals surface area (Å²) >= 11 is 5.85. The molecule has 0 unspecified atom stereocenters. The highest BCUT2D eigenvalue weighted by Crippen LogP contribution is 2.24. The number of hydrogen-bond donors (Lipinski definition) is 2. The van der Waals surface area contributed by atoms with Crippen LogP contribution in [0.25, 0.3) is 5.69 Å². The van der Waals surface area contributed by atoms with Crippen LogP contribution in [0.1, 0.15) is 11.1 Å². The quantitative estimate of drug-likeness (QED) is 0.681. The van der Waals surface area contributed by atoms with Crippen molar-refractivity contribution >= 4 is 33.2 Å². The Morgan fingerprint density at radius 2 is 2.00 bits per heavy atom. The van der Waals surface area contributed by atoms with Gasteiger partial charge in [-0.2, -0.15) is 5.10 Å². The molecule has 0 radical (unpaired) electrons. The van der Waals surface area contributed by atoms with Gasteiger partial charge in [-0.1, -0.05) is 35.9 Å². The molecule has 3 N–H and O–H groups in total. The molecule has 1 heterocycles. The van der Waals surface area contributed by atoms with E-state index in [-0.39, 0.29) is 22.9 Å². The van der Waals surface area contributed by atoms with E-state index in [1.165, 1.54) is 29.2 Å². The number of sulfonamides is 1. The zero-order valence-electron chi connectivity index (χ0n) is 14.4. The van der Waals surface area contributed by atoms with Crippen LogP contribution in [0.3, 0.4) is 0 Å². The fourth-order valence-electron chi connectivity index (χ4n) is 2.63. The van der Waals surface area contributed by atoms with Gasteiger partial charge < -0.3 is 5.32 Å². The number of amides is 1. The molecule has 9 heteroatoms. The van der Waals surface area contributed by atoms with Crippen LogP contribution in [0.5, 0.6) is 0 Å². The molecule has 0 bridgehead atoms. The summed E-state index contributed by atoms with van der Waals surface area (Å²) in [4.78, 5) is 12.2. The van der Waals surface area contributed by atoms with Gasteiger partial charge in [0.1, 0.15) is 4.90 Å². The van der Waals surface area contributed by atoms with Gasteiger partial charge in [-0.15, -0.1) is 0 Å². The molecule has 1 aromatic heterocycles. The number of aromatic nitrogens is 2. The number of carbonyl (C=O) groups is 1. The van der Waals surface area contributed by atoms with E-state index in [9.17, 15) is 13.2 Å². The number of nitrogens with two attached hydrogens (primary N) is 1. The Balaban J connectivity index is 1.89. The molecule has 0 aliphatic rings. The van der Waals surface area contributed by atoms with Crippen LogP contribution < -0.4 is 10.5 Å². The minimum atomic E-state index is -4.05. The van der Waals surface area contributed by atoms with E-state index in [1.54, 1.807) is 6.07 Å². The Labute approximate surface area is 161 Å². The Bertz CT molecular complexity index is 1110. The van der Waals surface area contributed by atoms with Crippen molar-refractivity contribution in [2.45, 2.75) is 18.2 Å². The summed E-state index contributed by atoms with van der Waals surface area (Å²) in [5.41, 5.74) is 2.45. The second kappa shape index (κ2) is 7.51. The first-order valence-corrected chi connectivity index (χ1v) is 9.88. The zero-order chi connectivity index (χ0) is 19.6. The molecule has 0 saturated carbocycles. The Kier molecular flexibility index (Phi) is 5.31. The predicted octanol–water partition coefficient (Wildman–Crippen LogP) is 2.66. The van der Waals surface area contributed by atoms with Crippen LogP contribution in [0, 0.1) is 6.92 Å². The van der Waals surface area contributed by atoms with Crippen LogP contribution in [-0.2, 0) is 21.2 Å². The summed E-state index contributed by atoms with van der Waals surface area (Å²) in [5.74, 6) is -0.264. The molecule has 0 spiro atoms. The maximum atomic E-state index is 12.3. The third-order valence-corrected chi connectivity index (χ3v) is 5.10. The van der Waals surface area contributed by atoms with E-state index >= 15 is 0 Å². The third-order valence-electron chi connectivity index (χ3n) is 3.96. The summed E-state index contributed by atoms with van der Waals surface area (Å²) in [7, 11) is -4.05. The number of benzene rings is 2. The standard InChI is InChI=1S/C18H17ClN4O3S/c1-12-4-2-3-5-13(12)8-18(24)22-15-6-7-16(17(9-15)27(20,25)26)23-11-14(19)10-21-23/h2-7,9-11H,8H2,1H3,(H,22,24)(H2,20,25,26). The monoisotopic (exact) mass is 404 g/mol. The lowest BCUT2D eigenvalue weighted by atomic mass is 10.1. The average Bonchev–Trinajstić information content (AvgIpc) is 3.02. The molecule has 3 aromatic rings. The van der Waals surface area contributed by atoms with Gasteiger partial charge in [-0.3, -0.25) is 4.79 Å². The second-order valence-corrected chi connectivity index (χ2v) is 7.95. The molecule has 0 fully saturated rings. The Morgan fingerprint density at radius 3 is 2.63 bits per heavy atom. The lowest BCUT2D eigenvalue weighted by Crippen LogP contribution is -2.18. The second-order valence-electron chi connectivity index (χ2n) is 5.98. The minimum absolute atomic E-state index is 0.170. The fourth-order valence-corrected chi connectivity index (χ4v) is 3.51. The van der Waals surface area contributed by atoms with Crippen LogP contribution >= 0.6 is 11.6 Å². The zero-order valence-corrected chi connectivity index (χ0v) is 16.0. The van der Waals surface area contributed by atoms with Crippen LogP contribution in [-0.4, -0.2) is 24.1 Å². The summed E-state index contributed by atoms with van der Waals surface area (Å²) in [6.45, 7) is 1.92. The normalized spacial score (nSPS) is 11.4. The molecule has 0 aliphatic carbocycles. The molecule has 0 aliphatic heterocycles. The van der Waals surface area contributed by atoms with E-state index in [1.807, 2.05) is 31.2 Å². The van der Waals surface area contributed by atoms with Crippen molar-refractivity contribution < 1.29 is 13.2 Å². The van der Waals surface area contributed by atoms with E-state index in [0.29, 0.717) is 10.7 Å². The fraction of sp³-hybridized carbons (Fsp3) is 0.111. The number of primary sulfonamides is 1. The molecule has 0 atom stereocenters. The van der Waals surface area contributed by atoms with Crippen molar-refractivity contribution in [1.29, 1.82) is 0 Å². The van der Waals surface area contributed by atoms with Crippen molar-refractivity contribution in [2.75, 3.05) is 5.32 Å². The summed E-state index contributed by atoms with van der Waals surface area (Å²) in [6, 6.07) is 11.9. The molecule has 2 aromatic carbocycles. The summed E-state index contributed by atoms with van der Waals surface area (Å²) in [5, 5.41) is 12.4. The molecule has 0 saturated heterocycles. The van der Waals surface area contributed by atoms with Gasteiger partial charge in [0.05, 0.1) is 23.3 Å². The van der Waals surface area contributed by atoms with Crippen molar-refractivity contribution in [3.05, 3.63) is 71.0 Å². The van der Waals surface area contributed by atoms with Crippen molar-refractivity contribution in [1.82, 2.24) is 9.78 Å². The summed E-state index contributed by atoms with van der Waals surface area (Å²) in [6.07, 6.45) is 3.02. The SMILES string of the molecule is Cc1ccccc1CC(=O)Nc1ccc(-n2cc(Cl)cn2)c(S(N)(=O)=O)c1. The highest BCUT2D eigenvalue weighted by molar-refractivity contribution is 7.89. The molecule has 27 heavy (non-hydrogen) atoms. The van der Waals surface area contributed by atoms with Gasteiger partial charge in [0.15, 0.2) is 0 Å². The number of halogens is 1. The molecule has 140 valence electrons. The van der Waals surface area contributed by atoms with E-state index in [2.05, 4.69) is 10.4 Å². The topological polar surface area (TPSA) is 107 Å². The highest BCUT2D eigenvalue weighted by Gasteiger charge is 2.18. The van der Waals surface area contributed by atoms with Gasteiger partial charge in [-0.25, -0.2) is 18.2 Å². The number of nitrogens with zero attached hydrogens (tertiary/aromatic N) is 2. The Morgan fingerprint density at radius 1 is 1.26 bits per heavy atom. The molecule has 1 amide bonds. The number of hydrogen-bond acceptors (Lipinski definition) is 4. The minimum Gasteiger partial charge on any atom is -0.326 e. The average molecular weight is 405 g/mol. The first kappa shape index (κ1) is 19.1. The molecular weight excluding hydrogens is 388 g/mol. The molecule has 7 nitrogen and oxygen atoms in total. The lowest BCUT2D eigenvalue weighted by molar-refractivity contribution is -0.115. The number of rotatable bonds is 5. The van der Waals surface area contributed by atoms with E-state index in [4.69, 9.17) is 16.7 Å². The maximum absolute atomic E-state index is 12.3. The maximum Gasteiger partial charge on any atom is 0.240 e. The smallest absolute Gasteiger partial charge is 0.240 e. The van der Waals surface area contributed by atoms with Gasteiger partial charge in [0.2, 0.25) is 15.9 Å². The number of anilines is 1. The van der Waals surface area contributed by atoms with E-state index < -0.39 is 10.0 Å². The number of carbonyl (C=O) groups excluding carboxylic acids is 1. The van der Waals surface area contributed by atoms with Crippen LogP contribution in [0.2, 0.25) is 5.02 Å². The van der Waals surface area contributed by atoms with Crippen LogP contribution in [0.4, 0.5) is 5.69 Å². The highest BCUT2D eigenvalue weighted by atomic mass is 35.5. The van der Waals surface area contributed by atoms with E-state index in [0.717, 1.165) is 11.1 Å². The molecular formula is C18H17ClN4O3S. The first-order chi connectivity index (χ1) is 12.7. The van der Waals surface area contributed by atoms with Crippen LogP contribution in [0.15, 0.2) is 59.8 Å². The summed E-state index contributed by atoms with van der Waals surface area (Å²) < 4.78 is 25.3. The van der Waals surface area contributed by atoms with Gasteiger partial charge in [0, 0.05) is 11.9 Å². The predicted molar refractivity (Wildman–Crippen MR) is 103 cm³/mol. The number of aryl methyl sites for hydroxylation is 1. The lowest BCUT2D eigenvalue weighted by Gasteiger charge is -2.12.